The van der Waals surface area contributed by atoms with Gasteiger partial charge in [0.1, 0.15) is 5.76 Å². The number of likely N-dealkylation sites (tertiary alicyclic amines) is 1. The molecule has 0 atom stereocenters. The largest absolute Gasteiger partial charge is 0.447 e. The highest BCUT2D eigenvalue weighted by atomic mass is 35.5. The molecule has 1 saturated heterocycles. The number of alkyl halides is 1. The molecule has 108 valence electrons. The Labute approximate surface area is 119 Å². The van der Waals surface area contributed by atoms with E-state index in [2.05, 4.69) is 4.90 Å². The first-order chi connectivity index (χ1) is 9.04. The van der Waals surface area contributed by atoms with E-state index in [-0.39, 0.29) is 11.0 Å². The highest BCUT2D eigenvalue weighted by Gasteiger charge is 2.25. The van der Waals surface area contributed by atoms with E-state index in [0.717, 1.165) is 19.6 Å². The lowest BCUT2D eigenvalue weighted by Crippen LogP contribution is -2.35. The van der Waals surface area contributed by atoms with Gasteiger partial charge in [0.15, 0.2) is 0 Å². The third-order valence-electron chi connectivity index (χ3n) is 3.36. The molecule has 7 heteroatoms. The Bertz CT molecular complexity index is 509. The van der Waals surface area contributed by atoms with Crippen molar-refractivity contribution in [2.24, 2.45) is 0 Å². The van der Waals surface area contributed by atoms with Gasteiger partial charge in [-0.15, -0.1) is 11.6 Å². The summed E-state index contributed by atoms with van der Waals surface area (Å²) in [5, 5.41) is -0.0351. The van der Waals surface area contributed by atoms with Gasteiger partial charge in [0.2, 0.25) is 5.09 Å². The van der Waals surface area contributed by atoms with E-state index in [1.807, 2.05) is 0 Å². The summed E-state index contributed by atoms with van der Waals surface area (Å²) in [6.45, 7) is 3.36. The van der Waals surface area contributed by atoms with Gasteiger partial charge in [-0.3, -0.25) is 0 Å². The first-order valence-corrected chi connectivity index (χ1v) is 8.35. The van der Waals surface area contributed by atoms with Crippen molar-refractivity contribution >= 4 is 21.6 Å². The van der Waals surface area contributed by atoms with Crippen molar-refractivity contribution < 1.29 is 12.8 Å². The van der Waals surface area contributed by atoms with Crippen LogP contribution in [0.3, 0.4) is 0 Å². The van der Waals surface area contributed by atoms with Crippen LogP contribution < -0.4 is 0 Å². The number of halogens is 1. The van der Waals surface area contributed by atoms with Gasteiger partial charge < -0.3 is 9.32 Å². The van der Waals surface area contributed by atoms with E-state index in [1.165, 1.54) is 23.2 Å². The smallest absolute Gasteiger partial charge is 0.276 e. The summed E-state index contributed by atoms with van der Waals surface area (Å²) in [5.74, 6) is 0.640. The van der Waals surface area contributed by atoms with Crippen LogP contribution in [0.25, 0.3) is 0 Å². The summed E-state index contributed by atoms with van der Waals surface area (Å²) in [6, 6.07) is 3.05. The predicted octanol–water partition coefficient (Wildman–Crippen LogP) is 1.73. The maximum Gasteiger partial charge on any atom is 0.276 e. The number of nitrogens with zero attached hydrogens (tertiary/aromatic N) is 2. The Balaban J connectivity index is 1.97. The third-order valence-corrected chi connectivity index (χ3v) is 5.36. The second-order valence-corrected chi connectivity index (χ2v) is 6.97. The van der Waals surface area contributed by atoms with E-state index in [9.17, 15) is 8.42 Å². The number of hydrogen-bond acceptors (Lipinski definition) is 4. The topological polar surface area (TPSA) is 53.8 Å². The van der Waals surface area contributed by atoms with Crippen LogP contribution in [0.1, 0.15) is 18.6 Å². The van der Waals surface area contributed by atoms with Gasteiger partial charge in [0, 0.05) is 20.1 Å². The molecular weight excluding hydrogens is 288 g/mol. The molecule has 0 spiro atoms. The third kappa shape index (κ3) is 3.51. The summed E-state index contributed by atoms with van der Waals surface area (Å²) in [7, 11) is -1.96. The lowest BCUT2D eigenvalue weighted by atomic mass is 10.4. The van der Waals surface area contributed by atoms with E-state index < -0.39 is 10.0 Å². The molecular formula is C12H19ClN2O3S. The number of sulfonamides is 1. The highest BCUT2D eigenvalue weighted by Crippen LogP contribution is 2.19. The van der Waals surface area contributed by atoms with E-state index in [4.69, 9.17) is 16.0 Å². The normalized spacial score (nSPS) is 17.4. The molecule has 1 aliphatic rings. The summed E-state index contributed by atoms with van der Waals surface area (Å²) in [5.41, 5.74) is 0. The van der Waals surface area contributed by atoms with Crippen LogP contribution in [-0.4, -0.2) is 50.8 Å². The van der Waals surface area contributed by atoms with Crippen LogP contribution in [0.4, 0.5) is 0 Å². The molecule has 1 aliphatic heterocycles. The number of hydrogen-bond donors (Lipinski definition) is 0. The SMILES string of the molecule is CN(CCN1CCCC1)S(=O)(=O)c1ccc(CCl)o1. The Hall–Kier alpha value is -0.560. The van der Waals surface area contributed by atoms with Crippen LogP contribution in [0.15, 0.2) is 21.6 Å². The molecule has 2 rings (SSSR count). The van der Waals surface area contributed by atoms with Gasteiger partial charge >= 0.3 is 0 Å². The highest BCUT2D eigenvalue weighted by molar-refractivity contribution is 7.89. The number of likely N-dealkylation sites (N-methyl/N-ethyl adjacent to an activating group) is 1. The lowest BCUT2D eigenvalue weighted by Gasteiger charge is -2.20. The molecule has 0 bridgehead atoms. The maximum absolute atomic E-state index is 12.2. The molecule has 2 heterocycles. The first kappa shape index (κ1) is 14.8. The zero-order chi connectivity index (χ0) is 13.9. The fraction of sp³-hybridized carbons (Fsp3) is 0.667. The molecule has 19 heavy (non-hydrogen) atoms. The van der Waals surface area contributed by atoms with E-state index >= 15 is 0 Å². The molecule has 1 aromatic heterocycles. The van der Waals surface area contributed by atoms with E-state index in [0.29, 0.717) is 12.3 Å². The van der Waals surface area contributed by atoms with Crippen molar-refractivity contribution in [3.05, 3.63) is 17.9 Å². The fourth-order valence-corrected chi connectivity index (χ4v) is 3.36. The number of furan rings is 1. The molecule has 0 saturated carbocycles. The van der Waals surface area contributed by atoms with Crippen LogP contribution in [0.5, 0.6) is 0 Å². The van der Waals surface area contributed by atoms with Crippen molar-refractivity contribution in [2.75, 3.05) is 33.2 Å². The molecule has 0 amide bonds. The molecule has 0 aliphatic carbocycles. The quantitative estimate of drug-likeness (QED) is 0.751. The van der Waals surface area contributed by atoms with Gasteiger partial charge in [0.05, 0.1) is 5.88 Å². The van der Waals surface area contributed by atoms with Crippen molar-refractivity contribution in [1.29, 1.82) is 0 Å². The molecule has 0 unspecified atom stereocenters. The second kappa shape index (κ2) is 6.26. The second-order valence-electron chi connectivity index (χ2n) is 4.73. The number of rotatable bonds is 6. The summed E-state index contributed by atoms with van der Waals surface area (Å²) in [4.78, 5) is 2.28. The van der Waals surface area contributed by atoms with E-state index in [1.54, 1.807) is 13.1 Å². The molecule has 0 N–H and O–H groups in total. The minimum Gasteiger partial charge on any atom is -0.447 e. The Morgan fingerprint density at radius 2 is 2.05 bits per heavy atom. The van der Waals surface area contributed by atoms with Crippen molar-refractivity contribution in [1.82, 2.24) is 9.21 Å². The van der Waals surface area contributed by atoms with Gasteiger partial charge in [0.25, 0.3) is 10.0 Å². The first-order valence-electron chi connectivity index (χ1n) is 6.37. The minimum atomic E-state index is -3.54. The zero-order valence-corrected chi connectivity index (χ0v) is 12.6. The standard InChI is InChI=1S/C12H19ClN2O3S/c1-14(8-9-15-6-2-3-7-15)19(16,17)12-5-4-11(10-13)18-12/h4-5H,2-3,6-10H2,1H3. The average Bonchev–Trinajstić information content (AvgIpc) is 3.06. The molecule has 0 radical (unpaired) electrons. The Kier molecular flexibility index (Phi) is 4.89. The fourth-order valence-electron chi connectivity index (χ4n) is 2.13. The van der Waals surface area contributed by atoms with Gasteiger partial charge in [-0.2, -0.15) is 4.31 Å². The van der Waals surface area contributed by atoms with Gasteiger partial charge in [-0.25, -0.2) is 8.42 Å². The van der Waals surface area contributed by atoms with Crippen LogP contribution >= 0.6 is 11.6 Å². The van der Waals surface area contributed by atoms with Crippen LogP contribution in [0, 0.1) is 0 Å². The average molecular weight is 307 g/mol. The van der Waals surface area contributed by atoms with Crippen molar-refractivity contribution in [2.45, 2.75) is 23.8 Å². The van der Waals surface area contributed by atoms with Crippen LogP contribution in [-0.2, 0) is 15.9 Å². The van der Waals surface area contributed by atoms with Gasteiger partial charge in [-0.05, 0) is 38.1 Å². The minimum absolute atomic E-state index is 0.0351. The van der Waals surface area contributed by atoms with Crippen molar-refractivity contribution in [3.8, 4) is 0 Å². The van der Waals surface area contributed by atoms with Crippen molar-refractivity contribution in [3.63, 3.8) is 0 Å². The summed E-state index contributed by atoms with van der Waals surface area (Å²) in [6.07, 6.45) is 2.40. The summed E-state index contributed by atoms with van der Waals surface area (Å²) >= 11 is 5.61. The zero-order valence-electron chi connectivity index (χ0n) is 11.0. The van der Waals surface area contributed by atoms with Crippen LogP contribution in [0.2, 0.25) is 0 Å². The predicted molar refractivity (Wildman–Crippen MR) is 73.8 cm³/mol. The monoisotopic (exact) mass is 306 g/mol. The molecule has 0 aromatic carbocycles. The molecule has 5 nitrogen and oxygen atoms in total. The maximum atomic E-state index is 12.2. The summed E-state index contributed by atoms with van der Waals surface area (Å²) < 4.78 is 31.0. The molecule has 1 fully saturated rings. The lowest BCUT2D eigenvalue weighted by molar-refractivity contribution is 0.306. The van der Waals surface area contributed by atoms with Gasteiger partial charge in [-0.1, -0.05) is 0 Å². The molecule has 1 aromatic rings. The Morgan fingerprint density at radius 1 is 1.37 bits per heavy atom. The Morgan fingerprint density at radius 3 is 2.63 bits per heavy atom.